The Hall–Kier alpha value is -1.36. The van der Waals surface area contributed by atoms with Crippen LogP contribution in [0, 0.1) is 5.82 Å². The Morgan fingerprint density at radius 1 is 1.20 bits per heavy atom. The quantitative estimate of drug-likeness (QED) is 0.847. The number of nitrogens with two attached hydrogens (primary N) is 1. The van der Waals surface area contributed by atoms with Crippen LogP contribution in [0.2, 0.25) is 10.0 Å². The van der Waals surface area contributed by atoms with E-state index in [2.05, 4.69) is 0 Å². The summed E-state index contributed by atoms with van der Waals surface area (Å²) in [7, 11) is 0. The predicted molar refractivity (Wildman–Crippen MR) is 83.1 cm³/mol. The highest BCUT2D eigenvalue weighted by molar-refractivity contribution is 7.80. The van der Waals surface area contributed by atoms with Crippen molar-refractivity contribution in [3.05, 3.63) is 63.4 Å². The predicted octanol–water partition coefficient (Wildman–Crippen LogP) is 4.35. The lowest BCUT2D eigenvalue weighted by Crippen LogP contribution is -2.11. The average molecular weight is 330 g/mol. The van der Waals surface area contributed by atoms with Crippen LogP contribution >= 0.6 is 35.4 Å². The van der Waals surface area contributed by atoms with Crippen molar-refractivity contribution in [1.29, 1.82) is 0 Å². The highest BCUT2D eigenvalue weighted by Gasteiger charge is 2.09. The van der Waals surface area contributed by atoms with Gasteiger partial charge in [0.05, 0.1) is 5.56 Å². The first kappa shape index (κ1) is 15.0. The van der Waals surface area contributed by atoms with Gasteiger partial charge in [0.25, 0.3) is 0 Å². The van der Waals surface area contributed by atoms with Crippen LogP contribution in [0.5, 0.6) is 5.75 Å². The van der Waals surface area contributed by atoms with Crippen LogP contribution in [-0.4, -0.2) is 4.99 Å². The van der Waals surface area contributed by atoms with Gasteiger partial charge < -0.3 is 10.5 Å². The molecular weight excluding hydrogens is 320 g/mol. The Kier molecular flexibility index (Phi) is 4.81. The van der Waals surface area contributed by atoms with Crippen LogP contribution in [0.3, 0.4) is 0 Å². The third-order valence-corrected chi connectivity index (χ3v) is 3.42. The molecular formula is C14H10Cl2FNOS. The molecule has 0 fully saturated rings. The Morgan fingerprint density at radius 2 is 1.95 bits per heavy atom. The summed E-state index contributed by atoms with van der Waals surface area (Å²) in [6, 6.07) is 9.01. The summed E-state index contributed by atoms with van der Waals surface area (Å²) in [6.07, 6.45) is 0. The number of rotatable bonds is 4. The molecule has 0 saturated heterocycles. The lowest BCUT2D eigenvalue weighted by Gasteiger charge is -2.12. The van der Waals surface area contributed by atoms with Crippen LogP contribution in [0.4, 0.5) is 4.39 Å². The molecule has 2 N–H and O–H groups in total. The summed E-state index contributed by atoms with van der Waals surface area (Å²) < 4.78 is 18.8. The molecule has 2 aromatic carbocycles. The van der Waals surface area contributed by atoms with Gasteiger partial charge in [0.2, 0.25) is 0 Å². The van der Waals surface area contributed by atoms with Crippen LogP contribution in [-0.2, 0) is 6.61 Å². The third kappa shape index (κ3) is 3.60. The van der Waals surface area contributed by atoms with Crippen molar-refractivity contribution in [2.24, 2.45) is 5.73 Å². The van der Waals surface area contributed by atoms with Crippen LogP contribution in [0.1, 0.15) is 11.1 Å². The van der Waals surface area contributed by atoms with Gasteiger partial charge in [-0.2, -0.15) is 0 Å². The van der Waals surface area contributed by atoms with E-state index in [0.717, 1.165) is 0 Å². The van der Waals surface area contributed by atoms with Crippen molar-refractivity contribution >= 4 is 40.4 Å². The molecule has 0 aliphatic carbocycles. The Bertz CT molecular complexity index is 664. The second kappa shape index (κ2) is 6.39. The first-order chi connectivity index (χ1) is 9.47. The molecule has 6 heteroatoms. The fourth-order valence-electron chi connectivity index (χ4n) is 1.63. The van der Waals surface area contributed by atoms with E-state index in [9.17, 15) is 4.39 Å². The van der Waals surface area contributed by atoms with Gasteiger partial charge in [0.15, 0.2) is 0 Å². The van der Waals surface area contributed by atoms with Gasteiger partial charge in [-0.1, -0.05) is 35.4 Å². The zero-order valence-electron chi connectivity index (χ0n) is 10.2. The van der Waals surface area contributed by atoms with E-state index in [-0.39, 0.29) is 17.4 Å². The van der Waals surface area contributed by atoms with Crippen molar-refractivity contribution in [3.63, 3.8) is 0 Å². The van der Waals surface area contributed by atoms with Gasteiger partial charge in [-0.25, -0.2) is 4.39 Å². The van der Waals surface area contributed by atoms with E-state index in [1.165, 1.54) is 18.2 Å². The van der Waals surface area contributed by atoms with E-state index < -0.39 is 0 Å². The van der Waals surface area contributed by atoms with E-state index in [1.54, 1.807) is 18.2 Å². The Labute approximate surface area is 131 Å². The molecule has 0 unspecified atom stereocenters. The molecule has 20 heavy (non-hydrogen) atoms. The normalized spacial score (nSPS) is 10.3. The second-order valence-electron chi connectivity index (χ2n) is 4.03. The molecule has 0 radical (unpaired) electrons. The van der Waals surface area contributed by atoms with Crippen molar-refractivity contribution in [1.82, 2.24) is 0 Å². The number of hydrogen-bond donors (Lipinski definition) is 1. The van der Waals surface area contributed by atoms with Gasteiger partial charge in [0, 0.05) is 15.6 Å². The molecule has 0 heterocycles. The number of ether oxygens (including phenoxy) is 1. The SMILES string of the molecule is NC(=S)c1ccc(Cl)cc1OCc1cc(F)ccc1Cl. The third-order valence-electron chi connectivity index (χ3n) is 2.60. The topological polar surface area (TPSA) is 35.2 Å². The lowest BCUT2D eigenvalue weighted by molar-refractivity contribution is 0.305. The molecule has 0 atom stereocenters. The maximum absolute atomic E-state index is 13.2. The van der Waals surface area contributed by atoms with E-state index in [4.69, 9.17) is 45.9 Å². The summed E-state index contributed by atoms with van der Waals surface area (Å²) >= 11 is 16.8. The number of hydrogen-bond acceptors (Lipinski definition) is 2. The minimum atomic E-state index is -0.381. The van der Waals surface area contributed by atoms with Gasteiger partial charge in [-0.15, -0.1) is 0 Å². The second-order valence-corrected chi connectivity index (χ2v) is 5.31. The summed E-state index contributed by atoms with van der Waals surface area (Å²) in [5, 5.41) is 0.913. The standard InChI is InChI=1S/C14H10Cl2FNOS/c15-9-1-3-11(14(18)20)13(6-9)19-7-8-5-10(17)2-4-12(8)16/h1-6H,7H2,(H2,18,20). The van der Waals surface area contributed by atoms with E-state index in [0.29, 0.717) is 26.9 Å². The minimum Gasteiger partial charge on any atom is -0.488 e. The maximum Gasteiger partial charge on any atom is 0.131 e. The molecule has 0 aliphatic rings. The van der Waals surface area contributed by atoms with Crippen molar-refractivity contribution in [3.8, 4) is 5.75 Å². The first-order valence-corrected chi connectivity index (χ1v) is 6.80. The van der Waals surface area contributed by atoms with Gasteiger partial charge >= 0.3 is 0 Å². The van der Waals surface area contributed by atoms with Crippen LogP contribution < -0.4 is 10.5 Å². The molecule has 0 spiro atoms. The van der Waals surface area contributed by atoms with Crippen molar-refractivity contribution in [2.45, 2.75) is 6.61 Å². The summed E-state index contributed by atoms with van der Waals surface area (Å²) in [5.74, 6) is 0.0546. The van der Waals surface area contributed by atoms with Crippen LogP contribution in [0.25, 0.3) is 0 Å². The van der Waals surface area contributed by atoms with Crippen molar-refractivity contribution < 1.29 is 9.13 Å². The molecule has 104 valence electrons. The van der Waals surface area contributed by atoms with Gasteiger partial charge in [0.1, 0.15) is 23.2 Å². The smallest absolute Gasteiger partial charge is 0.131 e. The zero-order chi connectivity index (χ0) is 14.7. The Balaban J connectivity index is 2.24. The summed E-state index contributed by atoms with van der Waals surface area (Å²) in [5.41, 5.74) is 6.70. The van der Waals surface area contributed by atoms with Crippen LogP contribution in [0.15, 0.2) is 36.4 Å². The number of benzene rings is 2. The zero-order valence-corrected chi connectivity index (χ0v) is 12.5. The minimum absolute atomic E-state index is 0.0898. The molecule has 0 bridgehead atoms. The first-order valence-electron chi connectivity index (χ1n) is 5.63. The molecule has 0 amide bonds. The number of halogens is 3. The number of thiocarbonyl (C=S) groups is 1. The fourth-order valence-corrected chi connectivity index (χ4v) is 2.13. The molecule has 2 nitrogen and oxygen atoms in total. The van der Waals surface area contributed by atoms with Gasteiger partial charge in [-0.05, 0) is 36.4 Å². The fraction of sp³-hybridized carbons (Fsp3) is 0.0714. The lowest BCUT2D eigenvalue weighted by atomic mass is 10.2. The monoisotopic (exact) mass is 329 g/mol. The largest absolute Gasteiger partial charge is 0.488 e. The molecule has 0 saturated carbocycles. The molecule has 0 aliphatic heterocycles. The summed E-state index contributed by atoms with van der Waals surface area (Å²) in [6.45, 7) is 0.0898. The van der Waals surface area contributed by atoms with E-state index >= 15 is 0 Å². The molecule has 0 aromatic heterocycles. The highest BCUT2D eigenvalue weighted by atomic mass is 35.5. The average Bonchev–Trinajstić information content (AvgIpc) is 2.39. The Morgan fingerprint density at radius 3 is 2.65 bits per heavy atom. The van der Waals surface area contributed by atoms with Crippen molar-refractivity contribution in [2.75, 3.05) is 0 Å². The molecule has 2 rings (SSSR count). The molecule has 2 aromatic rings. The van der Waals surface area contributed by atoms with Gasteiger partial charge in [-0.3, -0.25) is 0 Å². The maximum atomic E-state index is 13.2. The summed E-state index contributed by atoms with van der Waals surface area (Å²) in [4.78, 5) is 0.196. The van der Waals surface area contributed by atoms with E-state index in [1.807, 2.05) is 0 Å². The highest BCUT2D eigenvalue weighted by Crippen LogP contribution is 2.26.